The third-order valence-corrected chi connectivity index (χ3v) is 16.7. The number of nitrogens with zero attached hydrogens (tertiary/aromatic N) is 3. The van der Waals surface area contributed by atoms with Crippen LogP contribution in [0.2, 0.25) is 0 Å². The van der Waals surface area contributed by atoms with Gasteiger partial charge in [-0.25, -0.2) is 19.0 Å². The number of amides is 7. The van der Waals surface area contributed by atoms with E-state index in [1.165, 1.54) is 21.6 Å². The number of aliphatic hydroxyl groups is 1. The third-order valence-electron chi connectivity index (χ3n) is 16.7. The van der Waals surface area contributed by atoms with Gasteiger partial charge in [-0.1, -0.05) is 85.8 Å². The maximum Gasteiger partial charge on any atom is 0.407 e. The molecular formula is C65H68FN9O14. The van der Waals surface area contributed by atoms with Gasteiger partial charge >= 0.3 is 18.0 Å². The standard InChI is InChI=1S/C65H68FN9O14/c1-6-65(86)44-25-50-58-41(31-74(50)61(83)43(44)33-87-62(65)84)57-48(21-20-36-34(2)45(66)26-46(73-58)56(36)57)75(49(59(67)81)22-23-55(80)89-64(3,4)5)54(79)30-69-51(76)27-70-60(82)47(24-35-14-8-7-9-15-35)72-53(78)29-68-52(77)28-71-63(85)88-32-42-39-18-12-10-16-37(39)38-17-11-13-19-40(38)42/h7-19,25-26,42,47-49,86H,6,20-24,27-33H2,1-5H3,(H2,67,81)(H,68,77)(H,69,76)(H,70,82)(H,71,85)(H,72,78)/t47-,48-,49-,65-/m0/s1. The van der Waals surface area contributed by atoms with Gasteiger partial charge in [0, 0.05) is 41.3 Å². The molecule has 0 fully saturated rings. The van der Waals surface area contributed by atoms with Crippen molar-refractivity contribution in [3.63, 3.8) is 0 Å². The second-order valence-corrected chi connectivity index (χ2v) is 23.5. The maximum absolute atomic E-state index is 15.9. The number of hydrogen-bond acceptors (Lipinski definition) is 15. The van der Waals surface area contributed by atoms with Crippen molar-refractivity contribution >= 4 is 64.4 Å². The zero-order valence-electron chi connectivity index (χ0n) is 49.7. The van der Waals surface area contributed by atoms with E-state index in [9.17, 15) is 48.3 Å². The van der Waals surface area contributed by atoms with Crippen molar-refractivity contribution in [3.05, 3.63) is 157 Å². The lowest BCUT2D eigenvalue weighted by atomic mass is 9.80. The molecule has 4 aromatic carbocycles. The molecule has 2 aliphatic carbocycles. The molecule has 0 saturated carbocycles. The fraction of sp³-hybridized carbons (Fsp3) is 0.369. The number of aromatic nitrogens is 2. The summed E-state index contributed by atoms with van der Waals surface area (Å²) in [7, 11) is 0. The number of aryl methyl sites for hydroxylation is 1. The predicted octanol–water partition coefficient (Wildman–Crippen LogP) is 3.93. The van der Waals surface area contributed by atoms with Crippen LogP contribution >= 0.6 is 0 Å². The number of fused-ring (bicyclic) bond motifs is 8. The molecule has 4 heterocycles. The number of hydrogen-bond donors (Lipinski definition) is 7. The quantitative estimate of drug-likeness (QED) is 0.0396. The van der Waals surface area contributed by atoms with E-state index >= 15 is 9.18 Å². The molecule has 23 nitrogen and oxygen atoms in total. The molecule has 7 amide bonds. The van der Waals surface area contributed by atoms with Crippen LogP contribution in [0.4, 0.5) is 9.18 Å². The molecule has 0 radical (unpaired) electrons. The van der Waals surface area contributed by atoms with Crippen LogP contribution in [0.5, 0.6) is 0 Å². The Bertz CT molecular complexity index is 3910. The molecule has 0 spiro atoms. The normalized spacial score (nSPS) is 16.6. The lowest BCUT2D eigenvalue weighted by Crippen LogP contribution is -2.54. The third kappa shape index (κ3) is 12.8. The lowest BCUT2D eigenvalue weighted by molar-refractivity contribution is -0.172. The minimum Gasteiger partial charge on any atom is -0.460 e. The number of nitrogens with one attached hydrogen (secondary N) is 5. The van der Waals surface area contributed by atoms with Crippen LogP contribution in [-0.2, 0) is 84.2 Å². The van der Waals surface area contributed by atoms with Crippen LogP contribution in [0.25, 0.3) is 33.4 Å². The highest BCUT2D eigenvalue weighted by atomic mass is 19.1. The molecule has 6 aromatic rings. The van der Waals surface area contributed by atoms with Crippen LogP contribution in [0.1, 0.15) is 115 Å². The first-order valence-corrected chi connectivity index (χ1v) is 29.3. The number of halogens is 1. The van der Waals surface area contributed by atoms with Gasteiger partial charge in [0.2, 0.25) is 35.4 Å². The Morgan fingerprint density at radius 3 is 2.15 bits per heavy atom. The van der Waals surface area contributed by atoms with E-state index < -0.39 is 127 Å². The van der Waals surface area contributed by atoms with E-state index in [4.69, 9.17) is 24.9 Å². The average Bonchev–Trinajstić information content (AvgIpc) is 1.65. The zero-order chi connectivity index (χ0) is 63.6. The summed E-state index contributed by atoms with van der Waals surface area (Å²) in [6.07, 6.45) is -1.56. The van der Waals surface area contributed by atoms with Crippen LogP contribution in [-0.4, -0.2) is 124 Å². The molecular weight excluding hydrogens is 1150 g/mol. The van der Waals surface area contributed by atoms with Gasteiger partial charge in [0.25, 0.3) is 5.56 Å². The zero-order valence-corrected chi connectivity index (χ0v) is 49.7. The predicted molar refractivity (Wildman–Crippen MR) is 319 cm³/mol. The molecule has 8 N–H and O–H groups in total. The number of benzene rings is 4. The van der Waals surface area contributed by atoms with E-state index in [1.807, 2.05) is 48.5 Å². The monoisotopic (exact) mass is 1220 g/mol. The lowest BCUT2D eigenvalue weighted by Gasteiger charge is -2.41. The first kappa shape index (κ1) is 62.2. The van der Waals surface area contributed by atoms with Crippen LogP contribution in [0.3, 0.4) is 0 Å². The Balaban J connectivity index is 0.835. The van der Waals surface area contributed by atoms with Crippen molar-refractivity contribution in [2.45, 2.75) is 122 Å². The van der Waals surface area contributed by atoms with Gasteiger partial charge in [-0.05, 0) is 104 Å². The van der Waals surface area contributed by atoms with Gasteiger partial charge in [-0.3, -0.25) is 38.4 Å². The second-order valence-electron chi connectivity index (χ2n) is 23.5. The number of alkyl carbamates (subject to hydrolysis) is 1. The van der Waals surface area contributed by atoms with Crippen molar-refractivity contribution < 1.29 is 66.9 Å². The SMILES string of the molecule is CC[C@@]1(O)C(=O)OCc2c1cc1n(c2=O)Cc2c-1nc1cc(F)c(C)c3c1c2[C@@H](N(C(=O)CNC(=O)CNC(=O)[C@H](Cc1ccccc1)NC(=O)CNC(=O)CNC(=O)OCC1c2ccccc2-c2ccccc21)[C@@H](CCC(=O)OC(C)(C)C)C(N)=O)CC3. The molecule has 4 aliphatic rings. The molecule has 464 valence electrons. The van der Waals surface area contributed by atoms with Crippen LogP contribution in [0, 0.1) is 12.7 Å². The number of ether oxygens (including phenoxy) is 3. The van der Waals surface area contributed by atoms with E-state index in [-0.39, 0.29) is 85.6 Å². The van der Waals surface area contributed by atoms with Crippen molar-refractivity contribution in [2.75, 3.05) is 32.8 Å². The number of esters is 2. The van der Waals surface area contributed by atoms with Gasteiger partial charge in [0.05, 0.1) is 54.7 Å². The minimum atomic E-state index is -2.17. The number of pyridine rings is 2. The Morgan fingerprint density at radius 2 is 1.48 bits per heavy atom. The summed E-state index contributed by atoms with van der Waals surface area (Å²) in [5.41, 5.74) is 9.43. The summed E-state index contributed by atoms with van der Waals surface area (Å²) < 4.78 is 33.6. The van der Waals surface area contributed by atoms with Crippen molar-refractivity contribution in [2.24, 2.45) is 5.73 Å². The van der Waals surface area contributed by atoms with Gasteiger partial charge in [-0.2, -0.15) is 0 Å². The number of carbonyl (C=O) groups excluding carboxylic acids is 9. The highest BCUT2D eigenvalue weighted by molar-refractivity contribution is 5.97. The first-order chi connectivity index (χ1) is 42.5. The summed E-state index contributed by atoms with van der Waals surface area (Å²) in [6, 6.07) is 23.0. The number of cyclic esters (lactones) is 1. The molecule has 0 unspecified atom stereocenters. The van der Waals surface area contributed by atoms with E-state index in [2.05, 4.69) is 26.6 Å². The van der Waals surface area contributed by atoms with Crippen molar-refractivity contribution in [1.82, 2.24) is 41.0 Å². The van der Waals surface area contributed by atoms with Crippen LogP contribution < -0.4 is 37.9 Å². The highest BCUT2D eigenvalue weighted by Gasteiger charge is 2.47. The molecule has 10 rings (SSSR count). The topological polar surface area (TPSA) is 326 Å². The van der Waals surface area contributed by atoms with E-state index in [1.54, 1.807) is 65.0 Å². The molecule has 89 heavy (non-hydrogen) atoms. The summed E-state index contributed by atoms with van der Waals surface area (Å²) >= 11 is 0. The largest absolute Gasteiger partial charge is 0.460 e. The summed E-state index contributed by atoms with van der Waals surface area (Å²) in [5, 5.41) is 24.4. The fourth-order valence-electron chi connectivity index (χ4n) is 12.4. The number of carbonyl (C=O) groups is 9. The number of rotatable bonds is 21. The smallest absolute Gasteiger partial charge is 0.407 e. The fourth-order valence-corrected chi connectivity index (χ4v) is 12.4. The van der Waals surface area contributed by atoms with Gasteiger partial charge in [0.15, 0.2) is 5.60 Å². The van der Waals surface area contributed by atoms with Crippen LogP contribution in [0.15, 0.2) is 95.8 Å². The van der Waals surface area contributed by atoms with Gasteiger partial charge < -0.3 is 61.1 Å². The van der Waals surface area contributed by atoms with Crippen molar-refractivity contribution in [1.29, 1.82) is 0 Å². The molecule has 2 aliphatic heterocycles. The van der Waals surface area contributed by atoms with E-state index in [0.717, 1.165) is 22.3 Å². The maximum atomic E-state index is 15.9. The van der Waals surface area contributed by atoms with Crippen molar-refractivity contribution in [3.8, 4) is 22.5 Å². The Kier molecular flexibility index (Phi) is 17.8. The summed E-state index contributed by atoms with van der Waals surface area (Å²) in [5.74, 6) is -7.51. The second kappa shape index (κ2) is 25.5. The summed E-state index contributed by atoms with van der Waals surface area (Å²) in [6.45, 7) is 4.95. The molecule has 4 atom stereocenters. The van der Waals surface area contributed by atoms with E-state index in [0.29, 0.717) is 33.2 Å². The molecule has 0 bridgehead atoms. The van der Waals surface area contributed by atoms with Gasteiger partial charge in [-0.15, -0.1) is 0 Å². The molecule has 0 saturated heterocycles. The molecule has 24 heteroatoms. The number of primary amides is 1. The Hall–Kier alpha value is -9.84. The Morgan fingerprint density at radius 1 is 0.843 bits per heavy atom. The average molecular weight is 1220 g/mol. The Labute approximate surface area is 510 Å². The van der Waals surface area contributed by atoms with Gasteiger partial charge in [0.1, 0.15) is 43.3 Å². The highest BCUT2D eigenvalue weighted by Crippen LogP contribution is 2.49. The minimum absolute atomic E-state index is 0.0166. The number of nitrogens with two attached hydrogens (primary N) is 1. The summed E-state index contributed by atoms with van der Waals surface area (Å²) in [4.78, 5) is 142. The molecule has 2 aromatic heterocycles. The first-order valence-electron chi connectivity index (χ1n) is 29.3.